The van der Waals surface area contributed by atoms with Crippen LogP contribution in [-0.4, -0.2) is 41.1 Å². The monoisotopic (exact) mass is 308 g/mol. The number of nitrogens with zero attached hydrogens (tertiary/aromatic N) is 3. The molecule has 0 spiro atoms. The summed E-state index contributed by atoms with van der Waals surface area (Å²) in [6.07, 6.45) is 6.76. The van der Waals surface area contributed by atoms with Crippen molar-refractivity contribution < 1.29 is 0 Å². The number of hydrogen-bond donors (Lipinski definition) is 1. The minimum absolute atomic E-state index is 0.368. The molecular weight excluding hydrogens is 280 g/mol. The normalized spacial score (nSPS) is 16.3. The second-order valence-electron chi connectivity index (χ2n) is 6.29. The van der Waals surface area contributed by atoms with Crippen LogP contribution >= 0.6 is 11.8 Å². The van der Waals surface area contributed by atoms with Crippen LogP contribution in [0, 0.1) is 0 Å². The molecule has 1 unspecified atom stereocenters. The first-order valence-electron chi connectivity index (χ1n) is 7.83. The van der Waals surface area contributed by atoms with E-state index in [0.29, 0.717) is 18.0 Å². The van der Waals surface area contributed by atoms with E-state index in [1.54, 1.807) is 0 Å². The zero-order valence-electron chi connectivity index (χ0n) is 13.9. The van der Waals surface area contributed by atoms with E-state index in [1.807, 2.05) is 18.0 Å². The Kier molecular flexibility index (Phi) is 5.88. The summed E-state index contributed by atoms with van der Waals surface area (Å²) in [6.45, 7) is 7.39. The highest BCUT2D eigenvalue weighted by molar-refractivity contribution is 7.98. The quantitative estimate of drug-likeness (QED) is 0.799. The van der Waals surface area contributed by atoms with E-state index >= 15 is 0 Å². The van der Waals surface area contributed by atoms with Gasteiger partial charge in [0.1, 0.15) is 5.82 Å². The predicted molar refractivity (Wildman–Crippen MR) is 92.2 cm³/mol. The molecule has 21 heavy (non-hydrogen) atoms. The maximum Gasteiger partial charge on any atom is 0.131 e. The van der Waals surface area contributed by atoms with Gasteiger partial charge in [-0.25, -0.2) is 9.97 Å². The number of hydrogen-bond acceptors (Lipinski definition) is 5. The van der Waals surface area contributed by atoms with E-state index in [2.05, 4.69) is 49.3 Å². The van der Waals surface area contributed by atoms with Gasteiger partial charge in [-0.05, 0) is 26.0 Å². The highest BCUT2D eigenvalue weighted by Gasteiger charge is 2.22. The molecule has 1 aliphatic carbocycles. The van der Waals surface area contributed by atoms with Crippen LogP contribution in [-0.2, 0) is 6.54 Å². The maximum absolute atomic E-state index is 4.81. The third-order valence-corrected chi connectivity index (χ3v) is 4.78. The van der Waals surface area contributed by atoms with E-state index in [-0.39, 0.29) is 0 Å². The molecule has 1 atom stereocenters. The van der Waals surface area contributed by atoms with Gasteiger partial charge in [0.2, 0.25) is 0 Å². The second kappa shape index (κ2) is 7.45. The topological polar surface area (TPSA) is 41.1 Å². The van der Waals surface area contributed by atoms with Crippen LogP contribution in [0.1, 0.15) is 51.0 Å². The van der Waals surface area contributed by atoms with Crippen molar-refractivity contribution in [1.29, 1.82) is 0 Å². The average molecular weight is 308 g/mol. The number of anilines is 1. The average Bonchev–Trinajstić information content (AvgIpc) is 3.28. The Bertz CT molecular complexity index is 460. The van der Waals surface area contributed by atoms with Crippen LogP contribution in [0.3, 0.4) is 0 Å². The Hall–Kier alpha value is -0.810. The van der Waals surface area contributed by atoms with Gasteiger partial charge in [-0.15, -0.1) is 0 Å². The second-order valence-corrected chi connectivity index (χ2v) is 7.20. The van der Waals surface area contributed by atoms with Crippen LogP contribution in [0.25, 0.3) is 0 Å². The van der Waals surface area contributed by atoms with E-state index < -0.39 is 0 Å². The number of thioether (sulfide) groups is 1. The molecule has 1 saturated carbocycles. The molecule has 0 radical (unpaired) electrons. The fraction of sp³-hybridized carbons (Fsp3) is 0.750. The minimum atomic E-state index is 0.368. The summed E-state index contributed by atoms with van der Waals surface area (Å²) in [4.78, 5) is 11.7. The molecule has 5 heteroatoms. The Morgan fingerprint density at radius 1 is 1.38 bits per heavy atom. The summed E-state index contributed by atoms with van der Waals surface area (Å²) in [5, 5.41) is 3.58. The van der Waals surface area contributed by atoms with Crippen molar-refractivity contribution in [2.75, 3.05) is 24.0 Å². The highest BCUT2D eigenvalue weighted by atomic mass is 32.2. The van der Waals surface area contributed by atoms with Gasteiger partial charge in [-0.2, -0.15) is 11.8 Å². The molecule has 0 saturated heterocycles. The van der Waals surface area contributed by atoms with Crippen LogP contribution < -0.4 is 10.2 Å². The molecule has 118 valence electrons. The van der Waals surface area contributed by atoms with Crippen molar-refractivity contribution >= 4 is 17.4 Å². The van der Waals surface area contributed by atoms with Gasteiger partial charge >= 0.3 is 0 Å². The van der Waals surface area contributed by atoms with E-state index in [9.17, 15) is 0 Å². The molecule has 1 fully saturated rings. The molecule has 1 heterocycles. The first-order chi connectivity index (χ1) is 10.0. The molecule has 0 amide bonds. The molecule has 1 aliphatic rings. The minimum Gasteiger partial charge on any atom is -0.368 e. The predicted octanol–water partition coefficient (Wildman–Crippen LogP) is 3.04. The van der Waals surface area contributed by atoms with Gasteiger partial charge in [-0.1, -0.05) is 13.8 Å². The zero-order valence-corrected chi connectivity index (χ0v) is 14.7. The molecule has 1 N–H and O–H groups in total. The van der Waals surface area contributed by atoms with Crippen molar-refractivity contribution in [1.82, 2.24) is 15.3 Å². The van der Waals surface area contributed by atoms with Crippen molar-refractivity contribution in [2.24, 2.45) is 0 Å². The van der Waals surface area contributed by atoms with Gasteiger partial charge in [0, 0.05) is 37.3 Å². The van der Waals surface area contributed by atoms with Gasteiger partial charge in [0.25, 0.3) is 0 Å². The lowest BCUT2D eigenvalue weighted by Crippen LogP contribution is -2.33. The third-order valence-electron chi connectivity index (χ3n) is 3.97. The summed E-state index contributed by atoms with van der Waals surface area (Å²) >= 11 is 1.88. The number of nitrogens with one attached hydrogen (secondary N) is 1. The molecule has 0 aromatic carbocycles. The summed E-state index contributed by atoms with van der Waals surface area (Å²) in [5.74, 6) is 2.42. The molecule has 1 aromatic rings. The lowest BCUT2D eigenvalue weighted by Gasteiger charge is -2.28. The van der Waals surface area contributed by atoms with Gasteiger partial charge < -0.3 is 10.2 Å². The number of rotatable bonds is 8. The molecule has 4 nitrogen and oxygen atoms in total. The fourth-order valence-electron chi connectivity index (χ4n) is 2.25. The smallest absolute Gasteiger partial charge is 0.131 e. The van der Waals surface area contributed by atoms with Crippen LogP contribution in [0.5, 0.6) is 0 Å². The zero-order chi connectivity index (χ0) is 15.4. The maximum atomic E-state index is 4.81. The lowest BCUT2D eigenvalue weighted by molar-refractivity contribution is 0.651. The third kappa shape index (κ3) is 4.58. The molecule has 2 rings (SSSR count). The molecular formula is C16H28N4S. The summed E-state index contributed by atoms with van der Waals surface area (Å²) in [6, 6.07) is 1.18. The first-order valence-corrected chi connectivity index (χ1v) is 9.23. The van der Waals surface area contributed by atoms with Crippen molar-refractivity contribution in [2.45, 2.75) is 58.2 Å². The van der Waals surface area contributed by atoms with Crippen molar-refractivity contribution in [3.63, 3.8) is 0 Å². The van der Waals surface area contributed by atoms with Crippen molar-refractivity contribution in [3.05, 3.63) is 17.7 Å². The molecule has 1 aromatic heterocycles. The van der Waals surface area contributed by atoms with Gasteiger partial charge in [0.05, 0.1) is 17.6 Å². The largest absolute Gasteiger partial charge is 0.368 e. The molecule has 0 aliphatic heterocycles. The standard InChI is InChI=1S/C16H28N4S/c1-11(2)16-18-9-15(20(4)12(3)10-21-5)14(19-16)8-17-13-6-7-13/h9,11-13,17H,6-8,10H2,1-5H3. The Labute approximate surface area is 133 Å². The highest BCUT2D eigenvalue weighted by Crippen LogP contribution is 2.24. The number of aromatic nitrogens is 2. The van der Waals surface area contributed by atoms with Crippen LogP contribution in [0.4, 0.5) is 5.69 Å². The SMILES string of the molecule is CSCC(C)N(C)c1cnc(C(C)C)nc1CNC1CC1. The fourth-order valence-corrected chi connectivity index (χ4v) is 2.95. The summed E-state index contributed by atoms with van der Waals surface area (Å²) in [7, 11) is 2.15. The van der Waals surface area contributed by atoms with E-state index in [4.69, 9.17) is 4.98 Å². The van der Waals surface area contributed by atoms with E-state index in [1.165, 1.54) is 12.8 Å². The summed E-state index contributed by atoms with van der Waals surface area (Å²) < 4.78 is 0. The Morgan fingerprint density at radius 3 is 2.67 bits per heavy atom. The Balaban J connectivity index is 2.19. The summed E-state index contributed by atoms with van der Waals surface area (Å²) in [5.41, 5.74) is 2.30. The first kappa shape index (κ1) is 16.6. The van der Waals surface area contributed by atoms with Gasteiger partial charge in [-0.3, -0.25) is 0 Å². The van der Waals surface area contributed by atoms with Crippen LogP contribution in [0.2, 0.25) is 0 Å². The van der Waals surface area contributed by atoms with E-state index in [0.717, 1.165) is 29.5 Å². The lowest BCUT2D eigenvalue weighted by atomic mass is 10.2. The van der Waals surface area contributed by atoms with Crippen LogP contribution in [0.15, 0.2) is 6.20 Å². The van der Waals surface area contributed by atoms with Gasteiger partial charge in [0.15, 0.2) is 0 Å². The van der Waals surface area contributed by atoms with Crippen molar-refractivity contribution in [3.8, 4) is 0 Å². The Morgan fingerprint density at radius 2 is 2.10 bits per heavy atom. The molecule has 0 bridgehead atoms.